The van der Waals surface area contributed by atoms with Gasteiger partial charge >= 0.3 is 6.18 Å². The predicted octanol–water partition coefficient (Wildman–Crippen LogP) is 3.61. The third-order valence-corrected chi connectivity index (χ3v) is 4.32. The minimum absolute atomic E-state index is 0.102. The average Bonchev–Trinajstić information content (AvgIpc) is 2.71. The molecule has 1 amide bonds. The molecule has 3 aromatic rings. The van der Waals surface area contributed by atoms with Gasteiger partial charge in [-0.3, -0.25) is 14.8 Å². The summed E-state index contributed by atoms with van der Waals surface area (Å²) >= 11 is 0. The van der Waals surface area contributed by atoms with Gasteiger partial charge in [-0.05, 0) is 48.2 Å². The molecule has 0 radical (unpaired) electrons. The predicted molar refractivity (Wildman–Crippen MR) is 99.0 cm³/mol. The van der Waals surface area contributed by atoms with Gasteiger partial charge in [-0.2, -0.15) is 13.2 Å². The molecule has 0 aliphatic rings. The minimum atomic E-state index is -4.44. The Hall–Kier alpha value is -3.33. The maximum atomic E-state index is 12.7. The Labute approximate surface area is 163 Å². The molecular weight excluding hydrogens is 389 g/mol. The lowest BCUT2D eigenvalue weighted by atomic mass is 10.1. The smallest absolute Gasteiger partial charge is 0.416 e. The summed E-state index contributed by atoms with van der Waals surface area (Å²) in [5.41, 5.74) is 0.544. The van der Waals surface area contributed by atoms with Gasteiger partial charge in [-0.15, -0.1) is 0 Å². The lowest BCUT2D eigenvalue weighted by molar-refractivity contribution is -0.137. The van der Waals surface area contributed by atoms with E-state index in [0.29, 0.717) is 17.2 Å². The number of hydrogen-bond donors (Lipinski definition) is 2. The Morgan fingerprint density at radius 2 is 1.93 bits per heavy atom. The Kier molecular flexibility index (Phi) is 5.88. The Bertz CT molecular complexity index is 1090. The van der Waals surface area contributed by atoms with E-state index in [2.05, 4.69) is 0 Å². The number of fused-ring (bicyclic) bond motifs is 1. The number of halogens is 3. The summed E-state index contributed by atoms with van der Waals surface area (Å²) in [5.74, 6) is -0.624. The lowest BCUT2D eigenvalue weighted by Gasteiger charge is -2.11. The Morgan fingerprint density at radius 3 is 2.66 bits per heavy atom. The maximum Gasteiger partial charge on any atom is 0.416 e. The van der Waals surface area contributed by atoms with Crippen molar-refractivity contribution in [2.24, 2.45) is 0 Å². The van der Waals surface area contributed by atoms with Crippen molar-refractivity contribution in [3.05, 3.63) is 76.2 Å². The molecule has 29 heavy (non-hydrogen) atoms. The number of carbonyl (C=O) groups is 1. The van der Waals surface area contributed by atoms with Crippen molar-refractivity contribution in [2.75, 3.05) is 6.61 Å². The first-order valence-electron chi connectivity index (χ1n) is 8.67. The number of nitrogens with one attached hydrogen (secondary N) is 1. The number of aryl methyl sites for hydroxylation is 1. The lowest BCUT2D eigenvalue weighted by Crippen LogP contribution is -2.22. The number of aromatic nitrogens is 1. The summed E-state index contributed by atoms with van der Waals surface area (Å²) in [6.07, 6.45) is -2.46. The SMILES string of the molecule is O=C(NO)c1ccc2ccn(CCCOc3cccc(C(F)(F)F)c3)c(=O)c2c1. The quantitative estimate of drug-likeness (QED) is 0.372. The third-order valence-electron chi connectivity index (χ3n) is 4.32. The van der Waals surface area contributed by atoms with Crippen molar-refractivity contribution in [3.63, 3.8) is 0 Å². The number of ether oxygens (including phenoxy) is 1. The van der Waals surface area contributed by atoms with Gasteiger partial charge in [0.1, 0.15) is 5.75 Å². The molecule has 3 rings (SSSR count). The molecule has 2 N–H and O–H groups in total. The largest absolute Gasteiger partial charge is 0.494 e. The highest BCUT2D eigenvalue weighted by Gasteiger charge is 2.30. The first-order chi connectivity index (χ1) is 13.8. The highest BCUT2D eigenvalue weighted by atomic mass is 19.4. The summed E-state index contributed by atoms with van der Waals surface area (Å²) in [6.45, 7) is 0.406. The zero-order chi connectivity index (χ0) is 21.0. The number of hydrogen-bond acceptors (Lipinski definition) is 4. The number of benzene rings is 2. The number of rotatable bonds is 6. The van der Waals surface area contributed by atoms with Crippen LogP contribution in [0.25, 0.3) is 10.8 Å². The molecule has 6 nitrogen and oxygen atoms in total. The topological polar surface area (TPSA) is 80.6 Å². The molecule has 0 spiro atoms. The monoisotopic (exact) mass is 406 g/mol. The van der Waals surface area contributed by atoms with Crippen LogP contribution in [0.4, 0.5) is 13.2 Å². The molecule has 1 heterocycles. The molecular formula is C20H17F3N2O4. The van der Waals surface area contributed by atoms with Crippen LogP contribution >= 0.6 is 0 Å². The summed E-state index contributed by atoms with van der Waals surface area (Å²) in [4.78, 5) is 24.1. The van der Waals surface area contributed by atoms with Crippen molar-refractivity contribution in [1.29, 1.82) is 0 Å². The van der Waals surface area contributed by atoms with E-state index in [4.69, 9.17) is 9.94 Å². The fraction of sp³-hybridized carbons (Fsp3) is 0.200. The summed E-state index contributed by atoms with van der Waals surface area (Å²) < 4.78 is 44.9. The van der Waals surface area contributed by atoms with E-state index < -0.39 is 17.6 Å². The van der Waals surface area contributed by atoms with Crippen molar-refractivity contribution in [2.45, 2.75) is 19.1 Å². The summed E-state index contributed by atoms with van der Waals surface area (Å²) in [7, 11) is 0. The second kappa shape index (κ2) is 8.36. The average molecular weight is 406 g/mol. The van der Waals surface area contributed by atoms with Gasteiger partial charge < -0.3 is 9.30 Å². The first-order valence-corrected chi connectivity index (χ1v) is 8.67. The van der Waals surface area contributed by atoms with E-state index >= 15 is 0 Å². The zero-order valence-electron chi connectivity index (χ0n) is 15.1. The minimum Gasteiger partial charge on any atom is -0.494 e. The first kappa shape index (κ1) is 20.4. The van der Waals surface area contributed by atoms with Gasteiger partial charge in [0.15, 0.2) is 0 Å². The Morgan fingerprint density at radius 1 is 1.14 bits per heavy atom. The molecule has 0 aliphatic carbocycles. The molecule has 0 saturated carbocycles. The van der Waals surface area contributed by atoms with Crippen molar-refractivity contribution >= 4 is 16.7 Å². The maximum absolute atomic E-state index is 12.7. The highest BCUT2D eigenvalue weighted by molar-refractivity contribution is 5.97. The van der Waals surface area contributed by atoms with Crippen LogP contribution in [0, 0.1) is 0 Å². The van der Waals surface area contributed by atoms with Gasteiger partial charge in [0.2, 0.25) is 0 Å². The standard InChI is InChI=1S/C20H17F3N2O4/c21-20(22,23)15-3-1-4-16(12-15)29-10-2-8-25-9-7-13-5-6-14(18(26)24-28)11-17(13)19(25)27/h1,3-7,9,11-12,28H,2,8,10H2,(H,24,26). The van der Waals surface area contributed by atoms with Gasteiger partial charge in [-0.1, -0.05) is 12.1 Å². The third kappa shape index (κ3) is 4.75. The van der Waals surface area contributed by atoms with Crippen molar-refractivity contribution in [1.82, 2.24) is 10.0 Å². The molecule has 0 fully saturated rings. The number of carbonyl (C=O) groups excluding carboxylic acids is 1. The normalized spacial score (nSPS) is 11.4. The van der Waals surface area contributed by atoms with Crippen molar-refractivity contribution < 1.29 is 27.9 Å². The molecule has 0 atom stereocenters. The number of amides is 1. The van der Waals surface area contributed by atoms with E-state index in [0.717, 1.165) is 12.1 Å². The molecule has 0 aliphatic heterocycles. The Balaban J connectivity index is 1.67. The van der Waals surface area contributed by atoms with Gasteiger partial charge in [-0.25, -0.2) is 5.48 Å². The molecule has 1 aromatic heterocycles. The molecule has 0 unspecified atom stereocenters. The van der Waals surface area contributed by atoms with Crippen LogP contribution in [0.3, 0.4) is 0 Å². The molecule has 9 heteroatoms. The second-order valence-electron chi connectivity index (χ2n) is 6.28. The van der Waals surface area contributed by atoms with E-state index in [1.165, 1.54) is 34.3 Å². The molecule has 152 valence electrons. The van der Waals surface area contributed by atoms with Crippen LogP contribution in [0.1, 0.15) is 22.3 Å². The van der Waals surface area contributed by atoms with Crippen LogP contribution in [0.2, 0.25) is 0 Å². The zero-order valence-corrected chi connectivity index (χ0v) is 15.1. The van der Waals surface area contributed by atoms with Crippen LogP contribution in [0.5, 0.6) is 5.75 Å². The number of nitrogens with zero attached hydrogens (tertiary/aromatic N) is 1. The van der Waals surface area contributed by atoms with Crippen LogP contribution < -0.4 is 15.8 Å². The number of alkyl halides is 3. The summed E-state index contributed by atoms with van der Waals surface area (Å²) in [6, 6.07) is 10.8. The van der Waals surface area contributed by atoms with E-state index in [1.807, 2.05) is 0 Å². The van der Waals surface area contributed by atoms with Crippen LogP contribution in [0.15, 0.2) is 59.5 Å². The fourth-order valence-corrected chi connectivity index (χ4v) is 2.85. The highest BCUT2D eigenvalue weighted by Crippen LogP contribution is 2.31. The number of hydroxylamine groups is 1. The van der Waals surface area contributed by atoms with Crippen LogP contribution in [-0.4, -0.2) is 22.3 Å². The molecule has 2 aromatic carbocycles. The molecule has 0 bridgehead atoms. The fourth-order valence-electron chi connectivity index (χ4n) is 2.85. The van der Waals surface area contributed by atoms with E-state index in [-0.39, 0.29) is 30.0 Å². The molecule has 0 saturated heterocycles. The van der Waals surface area contributed by atoms with Crippen LogP contribution in [-0.2, 0) is 12.7 Å². The van der Waals surface area contributed by atoms with E-state index in [1.54, 1.807) is 18.3 Å². The second-order valence-corrected chi connectivity index (χ2v) is 6.28. The van der Waals surface area contributed by atoms with Gasteiger partial charge in [0, 0.05) is 23.7 Å². The number of pyridine rings is 1. The van der Waals surface area contributed by atoms with Gasteiger partial charge in [0.25, 0.3) is 11.5 Å². The van der Waals surface area contributed by atoms with E-state index in [9.17, 15) is 22.8 Å². The van der Waals surface area contributed by atoms with Crippen molar-refractivity contribution in [3.8, 4) is 5.75 Å². The van der Waals surface area contributed by atoms with Gasteiger partial charge in [0.05, 0.1) is 12.2 Å². The summed E-state index contributed by atoms with van der Waals surface area (Å²) in [5, 5.41) is 9.68.